The Morgan fingerprint density at radius 3 is 2.55 bits per heavy atom. The molecule has 0 radical (unpaired) electrons. The molecule has 1 fully saturated rings. The first kappa shape index (κ1) is 15.5. The number of rotatable bonds is 4. The summed E-state index contributed by atoms with van der Waals surface area (Å²) < 4.78 is 1.01. The topological polar surface area (TPSA) is 32.3 Å². The number of benzene rings is 1. The summed E-state index contributed by atoms with van der Waals surface area (Å²) in [6.07, 6.45) is 5.00. The third-order valence-electron chi connectivity index (χ3n) is 4.35. The standard InChI is InChI=1S/C16H23BrN2O/c1-18-13-7-9-14(10-8-13)19(2)16(20)11-12-5-3-4-6-15(12)17/h3-6,13-14,18H,7-11H2,1-2H3. The van der Waals surface area contributed by atoms with Crippen molar-refractivity contribution in [2.24, 2.45) is 0 Å². The molecule has 0 unspecified atom stereocenters. The highest BCUT2D eigenvalue weighted by molar-refractivity contribution is 9.10. The van der Waals surface area contributed by atoms with Crippen molar-refractivity contribution in [2.45, 2.75) is 44.2 Å². The van der Waals surface area contributed by atoms with Gasteiger partial charge in [-0.2, -0.15) is 0 Å². The van der Waals surface area contributed by atoms with Crippen LogP contribution in [0.15, 0.2) is 28.7 Å². The highest BCUT2D eigenvalue weighted by Crippen LogP contribution is 2.23. The summed E-state index contributed by atoms with van der Waals surface area (Å²) >= 11 is 3.51. The average molecular weight is 339 g/mol. The Hall–Kier alpha value is -0.870. The van der Waals surface area contributed by atoms with Gasteiger partial charge in [0.1, 0.15) is 0 Å². The number of carbonyl (C=O) groups excluding carboxylic acids is 1. The molecule has 1 N–H and O–H groups in total. The summed E-state index contributed by atoms with van der Waals surface area (Å²) in [4.78, 5) is 14.4. The van der Waals surface area contributed by atoms with Crippen LogP contribution in [0, 0.1) is 0 Å². The number of halogens is 1. The van der Waals surface area contributed by atoms with Gasteiger partial charge >= 0.3 is 0 Å². The molecule has 0 atom stereocenters. The van der Waals surface area contributed by atoms with E-state index in [1.54, 1.807) is 0 Å². The van der Waals surface area contributed by atoms with Crippen LogP contribution in [0.2, 0.25) is 0 Å². The minimum Gasteiger partial charge on any atom is -0.342 e. The maximum atomic E-state index is 12.4. The molecular weight excluding hydrogens is 316 g/mol. The fraction of sp³-hybridized carbons (Fsp3) is 0.562. The zero-order valence-electron chi connectivity index (χ0n) is 12.2. The lowest BCUT2D eigenvalue weighted by atomic mass is 9.90. The predicted octanol–water partition coefficient (Wildman–Crippen LogP) is 2.98. The fourth-order valence-corrected chi connectivity index (χ4v) is 3.31. The Labute approximate surface area is 129 Å². The average Bonchev–Trinajstić information content (AvgIpc) is 2.49. The Morgan fingerprint density at radius 2 is 1.95 bits per heavy atom. The van der Waals surface area contributed by atoms with Crippen molar-refractivity contribution in [2.75, 3.05) is 14.1 Å². The van der Waals surface area contributed by atoms with E-state index in [0.29, 0.717) is 18.5 Å². The molecule has 0 aliphatic heterocycles. The van der Waals surface area contributed by atoms with E-state index in [1.165, 1.54) is 0 Å². The van der Waals surface area contributed by atoms with Gasteiger partial charge in [0.2, 0.25) is 5.91 Å². The van der Waals surface area contributed by atoms with E-state index in [2.05, 4.69) is 21.2 Å². The van der Waals surface area contributed by atoms with Gasteiger partial charge in [-0.25, -0.2) is 0 Å². The highest BCUT2D eigenvalue weighted by atomic mass is 79.9. The molecule has 0 aromatic heterocycles. The van der Waals surface area contributed by atoms with E-state index in [1.807, 2.05) is 43.3 Å². The maximum Gasteiger partial charge on any atom is 0.227 e. The smallest absolute Gasteiger partial charge is 0.227 e. The number of likely N-dealkylation sites (N-methyl/N-ethyl adjacent to an activating group) is 1. The summed E-state index contributed by atoms with van der Waals surface area (Å²) in [5.41, 5.74) is 1.06. The van der Waals surface area contributed by atoms with Crippen molar-refractivity contribution in [3.8, 4) is 0 Å². The number of hydrogen-bond donors (Lipinski definition) is 1. The van der Waals surface area contributed by atoms with Crippen molar-refractivity contribution >= 4 is 21.8 Å². The monoisotopic (exact) mass is 338 g/mol. The van der Waals surface area contributed by atoms with Gasteiger partial charge in [-0.05, 0) is 44.4 Å². The summed E-state index contributed by atoms with van der Waals surface area (Å²) in [5, 5.41) is 3.33. The molecule has 3 nitrogen and oxygen atoms in total. The molecule has 1 aliphatic carbocycles. The summed E-state index contributed by atoms with van der Waals surface area (Å²) in [6, 6.07) is 8.97. The van der Waals surface area contributed by atoms with E-state index >= 15 is 0 Å². The third-order valence-corrected chi connectivity index (χ3v) is 5.12. The van der Waals surface area contributed by atoms with Gasteiger partial charge in [-0.1, -0.05) is 34.1 Å². The molecular formula is C16H23BrN2O. The van der Waals surface area contributed by atoms with Crippen LogP contribution >= 0.6 is 15.9 Å². The highest BCUT2D eigenvalue weighted by Gasteiger charge is 2.25. The van der Waals surface area contributed by atoms with Gasteiger partial charge in [0.25, 0.3) is 0 Å². The zero-order valence-corrected chi connectivity index (χ0v) is 13.8. The Bertz CT molecular complexity index is 456. The van der Waals surface area contributed by atoms with Crippen molar-refractivity contribution in [1.82, 2.24) is 10.2 Å². The maximum absolute atomic E-state index is 12.4. The second-order valence-corrected chi connectivity index (χ2v) is 6.42. The lowest BCUT2D eigenvalue weighted by Gasteiger charge is -2.34. The van der Waals surface area contributed by atoms with Crippen LogP contribution in [0.25, 0.3) is 0 Å². The number of carbonyl (C=O) groups is 1. The molecule has 20 heavy (non-hydrogen) atoms. The van der Waals surface area contributed by atoms with E-state index in [0.717, 1.165) is 35.7 Å². The van der Waals surface area contributed by atoms with Gasteiger partial charge in [0.15, 0.2) is 0 Å². The Kier molecular flexibility index (Phi) is 5.61. The molecule has 0 saturated heterocycles. The molecule has 2 rings (SSSR count). The summed E-state index contributed by atoms with van der Waals surface area (Å²) in [7, 11) is 3.97. The fourth-order valence-electron chi connectivity index (χ4n) is 2.88. The van der Waals surface area contributed by atoms with E-state index in [9.17, 15) is 4.79 Å². The molecule has 110 valence electrons. The minimum absolute atomic E-state index is 0.213. The van der Waals surface area contributed by atoms with Crippen LogP contribution in [0.5, 0.6) is 0 Å². The molecule has 0 spiro atoms. The van der Waals surface area contributed by atoms with Crippen LogP contribution < -0.4 is 5.32 Å². The summed E-state index contributed by atoms with van der Waals surface area (Å²) in [6.45, 7) is 0. The number of hydrogen-bond acceptors (Lipinski definition) is 2. The number of nitrogens with one attached hydrogen (secondary N) is 1. The quantitative estimate of drug-likeness (QED) is 0.915. The van der Waals surface area contributed by atoms with Crippen LogP contribution in [-0.4, -0.2) is 37.0 Å². The molecule has 1 aliphatic rings. The van der Waals surface area contributed by atoms with Crippen LogP contribution in [-0.2, 0) is 11.2 Å². The van der Waals surface area contributed by atoms with Crippen molar-refractivity contribution < 1.29 is 4.79 Å². The van der Waals surface area contributed by atoms with Crippen LogP contribution in [0.4, 0.5) is 0 Å². The van der Waals surface area contributed by atoms with Gasteiger partial charge in [-0.3, -0.25) is 4.79 Å². The van der Waals surface area contributed by atoms with Crippen molar-refractivity contribution in [3.05, 3.63) is 34.3 Å². The number of nitrogens with zero attached hydrogens (tertiary/aromatic N) is 1. The largest absolute Gasteiger partial charge is 0.342 e. The second-order valence-electron chi connectivity index (χ2n) is 5.57. The van der Waals surface area contributed by atoms with Crippen LogP contribution in [0.3, 0.4) is 0 Å². The van der Waals surface area contributed by atoms with Crippen molar-refractivity contribution in [1.29, 1.82) is 0 Å². The molecule has 4 heteroatoms. The van der Waals surface area contributed by atoms with Gasteiger partial charge < -0.3 is 10.2 Å². The van der Waals surface area contributed by atoms with Crippen LogP contribution in [0.1, 0.15) is 31.2 Å². The van der Waals surface area contributed by atoms with Crippen molar-refractivity contribution in [3.63, 3.8) is 0 Å². The molecule has 0 heterocycles. The van der Waals surface area contributed by atoms with Gasteiger partial charge in [-0.15, -0.1) is 0 Å². The van der Waals surface area contributed by atoms with E-state index in [4.69, 9.17) is 0 Å². The molecule has 1 saturated carbocycles. The second kappa shape index (κ2) is 7.23. The third kappa shape index (κ3) is 3.83. The first-order valence-electron chi connectivity index (χ1n) is 7.28. The summed E-state index contributed by atoms with van der Waals surface area (Å²) in [5.74, 6) is 0.213. The number of amides is 1. The SMILES string of the molecule is CNC1CCC(N(C)C(=O)Cc2ccccc2Br)CC1. The van der Waals surface area contributed by atoms with Gasteiger partial charge in [0.05, 0.1) is 6.42 Å². The minimum atomic E-state index is 0.213. The predicted molar refractivity (Wildman–Crippen MR) is 85.7 cm³/mol. The van der Waals surface area contributed by atoms with E-state index in [-0.39, 0.29) is 5.91 Å². The molecule has 0 bridgehead atoms. The van der Waals surface area contributed by atoms with E-state index < -0.39 is 0 Å². The lowest BCUT2D eigenvalue weighted by Crippen LogP contribution is -2.43. The first-order valence-corrected chi connectivity index (χ1v) is 8.07. The molecule has 1 aromatic carbocycles. The lowest BCUT2D eigenvalue weighted by molar-refractivity contribution is -0.131. The normalized spacial score (nSPS) is 22.6. The molecule has 1 amide bonds. The Balaban J connectivity index is 1.91. The van der Waals surface area contributed by atoms with Gasteiger partial charge in [0, 0.05) is 23.6 Å². The zero-order chi connectivity index (χ0) is 14.5. The molecule has 1 aromatic rings. The Morgan fingerprint density at radius 1 is 1.30 bits per heavy atom. The first-order chi connectivity index (χ1) is 9.61.